The Bertz CT molecular complexity index is 878. The molecule has 0 bridgehead atoms. The molecular weight excluding hydrogens is 364 g/mol. The van der Waals surface area contributed by atoms with Gasteiger partial charge in [0.2, 0.25) is 5.91 Å². The summed E-state index contributed by atoms with van der Waals surface area (Å²) in [5.41, 5.74) is 3.40. The highest BCUT2D eigenvalue weighted by molar-refractivity contribution is 6.07. The number of benzene rings is 1. The van der Waals surface area contributed by atoms with E-state index in [9.17, 15) is 9.59 Å². The van der Waals surface area contributed by atoms with Crippen LogP contribution in [0.2, 0.25) is 0 Å². The monoisotopic (exact) mass is 392 g/mol. The fourth-order valence-corrected chi connectivity index (χ4v) is 4.42. The summed E-state index contributed by atoms with van der Waals surface area (Å²) >= 11 is 0. The Hall–Kier alpha value is -2.73. The van der Waals surface area contributed by atoms with Gasteiger partial charge in [-0.05, 0) is 80.1 Å². The summed E-state index contributed by atoms with van der Waals surface area (Å²) in [5, 5.41) is 6.43. The number of amides is 2. The molecule has 0 spiro atoms. The lowest BCUT2D eigenvalue weighted by atomic mass is 9.84. The number of pyridine rings is 1. The van der Waals surface area contributed by atoms with E-state index >= 15 is 0 Å². The van der Waals surface area contributed by atoms with Crippen molar-refractivity contribution >= 4 is 23.2 Å². The van der Waals surface area contributed by atoms with Gasteiger partial charge in [-0.25, -0.2) is 0 Å². The average Bonchev–Trinajstić information content (AvgIpc) is 3.17. The summed E-state index contributed by atoms with van der Waals surface area (Å²) in [7, 11) is 0. The van der Waals surface area contributed by atoms with Gasteiger partial charge in [-0.15, -0.1) is 0 Å². The van der Waals surface area contributed by atoms with Crippen molar-refractivity contribution in [1.29, 1.82) is 0 Å². The van der Waals surface area contributed by atoms with E-state index in [1.54, 1.807) is 29.4 Å². The Kier molecular flexibility index (Phi) is 5.90. The van der Waals surface area contributed by atoms with Crippen molar-refractivity contribution in [3.63, 3.8) is 0 Å². The molecule has 2 amide bonds. The molecule has 4 rings (SSSR count). The minimum atomic E-state index is -0.0376. The van der Waals surface area contributed by atoms with Gasteiger partial charge in [0, 0.05) is 36.7 Å². The van der Waals surface area contributed by atoms with Crippen LogP contribution >= 0.6 is 0 Å². The average molecular weight is 393 g/mol. The normalized spacial score (nSPS) is 17.6. The van der Waals surface area contributed by atoms with Gasteiger partial charge in [-0.1, -0.05) is 6.92 Å². The van der Waals surface area contributed by atoms with Gasteiger partial charge in [0.05, 0.1) is 5.56 Å². The number of anilines is 2. The molecule has 1 aromatic carbocycles. The van der Waals surface area contributed by atoms with E-state index in [4.69, 9.17) is 0 Å². The summed E-state index contributed by atoms with van der Waals surface area (Å²) in [6.45, 7) is 4.93. The third-order valence-electron chi connectivity index (χ3n) is 6.11. The smallest absolute Gasteiger partial charge is 0.259 e. The molecule has 152 valence electrons. The molecule has 6 nitrogen and oxygen atoms in total. The first kappa shape index (κ1) is 19.6. The standard InChI is InChI=1S/C23H28N4O2/c1-16(17-6-10-24-11-7-17)13-22(28)26-20-4-5-21-18(14-20)8-12-27(21)23(29)19-3-2-9-25-15-19/h2-5,9,14-17,24H,6-8,10-13H2,1H3,(H,26,28). The summed E-state index contributed by atoms with van der Waals surface area (Å²) in [5.74, 6) is 1.04. The number of carbonyl (C=O) groups is 2. The first-order valence-corrected chi connectivity index (χ1v) is 10.5. The summed E-state index contributed by atoms with van der Waals surface area (Å²) in [4.78, 5) is 31.1. The van der Waals surface area contributed by atoms with E-state index in [1.807, 2.05) is 18.2 Å². The maximum absolute atomic E-state index is 12.8. The predicted molar refractivity (Wildman–Crippen MR) is 114 cm³/mol. The van der Waals surface area contributed by atoms with E-state index in [0.29, 0.717) is 30.4 Å². The van der Waals surface area contributed by atoms with Crippen molar-refractivity contribution < 1.29 is 9.59 Å². The van der Waals surface area contributed by atoms with Gasteiger partial charge < -0.3 is 15.5 Å². The molecule has 2 N–H and O–H groups in total. The number of hydrogen-bond donors (Lipinski definition) is 2. The highest BCUT2D eigenvalue weighted by Gasteiger charge is 2.26. The molecule has 1 unspecified atom stereocenters. The third kappa shape index (κ3) is 4.48. The molecule has 2 aromatic rings. The van der Waals surface area contributed by atoms with Crippen LogP contribution < -0.4 is 15.5 Å². The zero-order valence-electron chi connectivity index (χ0n) is 16.9. The third-order valence-corrected chi connectivity index (χ3v) is 6.11. The summed E-state index contributed by atoms with van der Waals surface area (Å²) < 4.78 is 0. The van der Waals surface area contributed by atoms with Gasteiger partial charge >= 0.3 is 0 Å². The highest BCUT2D eigenvalue weighted by atomic mass is 16.2. The van der Waals surface area contributed by atoms with Gasteiger partial charge in [-0.3, -0.25) is 14.6 Å². The highest BCUT2D eigenvalue weighted by Crippen LogP contribution is 2.32. The molecule has 1 fully saturated rings. The van der Waals surface area contributed by atoms with E-state index in [0.717, 1.165) is 49.3 Å². The molecule has 1 aromatic heterocycles. The lowest BCUT2D eigenvalue weighted by molar-refractivity contribution is -0.117. The van der Waals surface area contributed by atoms with Crippen LogP contribution in [0.3, 0.4) is 0 Å². The topological polar surface area (TPSA) is 74.3 Å². The van der Waals surface area contributed by atoms with Crippen molar-refractivity contribution in [2.45, 2.75) is 32.6 Å². The number of hydrogen-bond acceptors (Lipinski definition) is 4. The van der Waals surface area contributed by atoms with Crippen LogP contribution in [0.1, 0.15) is 42.1 Å². The molecule has 1 saturated heterocycles. The second-order valence-electron chi connectivity index (χ2n) is 8.11. The van der Waals surface area contributed by atoms with Crippen LogP contribution in [0.25, 0.3) is 0 Å². The Morgan fingerprint density at radius 2 is 2.10 bits per heavy atom. The fourth-order valence-electron chi connectivity index (χ4n) is 4.42. The van der Waals surface area contributed by atoms with Crippen LogP contribution in [0.15, 0.2) is 42.7 Å². The molecule has 6 heteroatoms. The molecule has 2 aliphatic heterocycles. The summed E-state index contributed by atoms with van der Waals surface area (Å²) in [6, 6.07) is 9.38. The van der Waals surface area contributed by atoms with Crippen LogP contribution in [0.5, 0.6) is 0 Å². The predicted octanol–water partition coefficient (Wildman–Crippen LogP) is 3.25. The van der Waals surface area contributed by atoms with Crippen molar-refractivity contribution in [3.8, 4) is 0 Å². The van der Waals surface area contributed by atoms with Gasteiger partial charge in [0.25, 0.3) is 5.91 Å². The van der Waals surface area contributed by atoms with E-state index in [-0.39, 0.29) is 11.8 Å². The zero-order valence-corrected chi connectivity index (χ0v) is 16.9. The Morgan fingerprint density at radius 3 is 2.86 bits per heavy atom. The molecule has 0 aliphatic carbocycles. The van der Waals surface area contributed by atoms with Crippen LogP contribution in [-0.4, -0.2) is 36.4 Å². The zero-order chi connectivity index (χ0) is 20.2. The van der Waals surface area contributed by atoms with Gasteiger partial charge in [0.1, 0.15) is 0 Å². The molecule has 1 atom stereocenters. The summed E-state index contributed by atoms with van der Waals surface area (Å²) in [6.07, 6.45) is 6.89. The number of fused-ring (bicyclic) bond motifs is 1. The number of nitrogens with zero attached hydrogens (tertiary/aromatic N) is 2. The minimum Gasteiger partial charge on any atom is -0.326 e. The number of piperidine rings is 1. The Labute approximate surface area is 171 Å². The second-order valence-corrected chi connectivity index (χ2v) is 8.11. The quantitative estimate of drug-likeness (QED) is 0.819. The first-order chi connectivity index (χ1) is 14.1. The lowest BCUT2D eigenvalue weighted by Crippen LogP contribution is -2.32. The number of rotatable bonds is 5. The van der Waals surface area contributed by atoms with Crippen molar-refractivity contribution in [3.05, 3.63) is 53.9 Å². The van der Waals surface area contributed by atoms with Gasteiger partial charge in [-0.2, -0.15) is 0 Å². The van der Waals surface area contributed by atoms with Crippen LogP contribution in [0.4, 0.5) is 11.4 Å². The first-order valence-electron chi connectivity index (χ1n) is 10.5. The Morgan fingerprint density at radius 1 is 1.28 bits per heavy atom. The van der Waals surface area contributed by atoms with Crippen molar-refractivity contribution in [2.75, 3.05) is 29.9 Å². The molecule has 2 aliphatic rings. The SMILES string of the molecule is CC(CC(=O)Nc1ccc2c(c1)CCN2C(=O)c1cccnc1)C1CCNCC1. The van der Waals surface area contributed by atoms with E-state index in [2.05, 4.69) is 22.5 Å². The maximum Gasteiger partial charge on any atom is 0.259 e. The number of aromatic nitrogens is 1. The minimum absolute atomic E-state index is 0.0376. The lowest BCUT2D eigenvalue weighted by Gasteiger charge is -2.27. The molecule has 0 saturated carbocycles. The number of nitrogens with one attached hydrogen (secondary N) is 2. The molecule has 3 heterocycles. The van der Waals surface area contributed by atoms with Gasteiger partial charge in [0.15, 0.2) is 0 Å². The van der Waals surface area contributed by atoms with Crippen LogP contribution in [0, 0.1) is 11.8 Å². The van der Waals surface area contributed by atoms with Crippen molar-refractivity contribution in [1.82, 2.24) is 10.3 Å². The van der Waals surface area contributed by atoms with E-state index < -0.39 is 0 Å². The molecule has 0 radical (unpaired) electrons. The molecule has 29 heavy (non-hydrogen) atoms. The molecular formula is C23H28N4O2. The van der Waals surface area contributed by atoms with Crippen molar-refractivity contribution in [2.24, 2.45) is 11.8 Å². The van der Waals surface area contributed by atoms with Crippen LogP contribution in [-0.2, 0) is 11.2 Å². The Balaban J connectivity index is 1.38. The fraction of sp³-hybridized carbons (Fsp3) is 0.435. The maximum atomic E-state index is 12.8. The second kappa shape index (κ2) is 8.74. The van der Waals surface area contributed by atoms with E-state index in [1.165, 1.54) is 0 Å². The largest absolute Gasteiger partial charge is 0.326 e. The number of carbonyl (C=O) groups excluding carboxylic acids is 2.